The average Bonchev–Trinajstić information content (AvgIpc) is 2.50. The molecular weight excluding hydrogens is 337 g/mol. The van der Waals surface area contributed by atoms with E-state index >= 15 is 0 Å². The first-order valence-electron chi connectivity index (χ1n) is 6.90. The Morgan fingerprint density at radius 2 is 1.74 bits per heavy atom. The van der Waals surface area contributed by atoms with E-state index in [9.17, 15) is 9.59 Å². The monoisotopic (exact) mass is 351 g/mol. The molecule has 2 rings (SSSR count). The summed E-state index contributed by atoms with van der Waals surface area (Å²) in [5.74, 6) is -1.04. The number of benzene rings is 2. The van der Waals surface area contributed by atoms with E-state index in [0.717, 1.165) is 5.56 Å². The minimum atomic E-state index is -0.962. The molecule has 6 heteroatoms. The molecule has 4 nitrogen and oxygen atoms in total. The third-order valence-electron chi connectivity index (χ3n) is 3.13. The molecule has 23 heavy (non-hydrogen) atoms. The molecule has 2 aromatic rings. The Morgan fingerprint density at radius 1 is 1.09 bits per heavy atom. The van der Waals surface area contributed by atoms with Gasteiger partial charge in [-0.1, -0.05) is 40.9 Å². The van der Waals surface area contributed by atoms with Gasteiger partial charge in [-0.25, -0.2) is 4.79 Å². The van der Waals surface area contributed by atoms with Gasteiger partial charge in [0, 0.05) is 5.02 Å². The van der Waals surface area contributed by atoms with Crippen molar-refractivity contribution in [2.75, 3.05) is 5.32 Å². The van der Waals surface area contributed by atoms with Gasteiger partial charge in [-0.15, -0.1) is 0 Å². The molecule has 0 aliphatic rings. The number of rotatable bonds is 4. The SMILES string of the molecule is Cc1ccc(C(=O)O[C@@H](C)C(=O)Nc2ccc(Cl)cc2Cl)cc1. The van der Waals surface area contributed by atoms with Crippen molar-refractivity contribution in [1.82, 2.24) is 0 Å². The van der Waals surface area contributed by atoms with Crippen LogP contribution in [-0.2, 0) is 9.53 Å². The number of hydrogen-bond acceptors (Lipinski definition) is 3. The summed E-state index contributed by atoms with van der Waals surface area (Å²) in [6.45, 7) is 3.41. The normalized spacial score (nSPS) is 11.7. The second kappa shape index (κ2) is 7.49. The Labute approximate surface area is 144 Å². The number of esters is 1. The molecule has 0 saturated carbocycles. The number of carbonyl (C=O) groups is 2. The summed E-state index contributed by atoms with van der Waals surface area (Å²) in [5, 5.41) is 3.37. The predicted octanol–water partition coefficient (Wildman–Crippen LogP) is 4.49. The molecule has 0 radical (unpaired) electrons. The number of carbonyl (C=O) groups excluding carboxylic acids is 2. The van der Waals surface area contributed by atoms with Crippen molar-refractivity contribution in [2.45, 2.75) is 20.0 Å². The molecule has 0 aliphatic heterocycles. The van der Waals surface area contributed by atoms with Gasteiger partial charge >= 0.3 is 5.97 Å². The fraction of sp³-hybridized carbons (Fsp3) is 0.176. The number of amides is 1. The van der Waals surface area contributed by atoms with E-state index in [2.05, 4.69) is 5.32 Å². The summed E-state index contributed by atoms with van der Waals surface area (Å²) in [6.07, 6.45) is -0.962. The highest BCUT2D eigenvalue weighted by Gasteiger charge is 2.19. The number of anilines is 1. The number of nitrogens with one attached hydrogen (secondary N) is 1. The van der Waals surface area contributed by atoms with Crippen LogP contribution in [0.5, 0.6) is 0 Å². The molecule has 120 valence electrons. The molecule has 1 atom stereocenters. The fourth-order valence-electron chi connectivity index (χ4n) is 1.80. The molecule has 1 N–H and O–H groups in total. The van der Waals surface area contributed by atoms with Gasteiger partial charge in [0.05, 0.1) is 16.3 Å². The lowest BCUT2D eigenvalue weighted by Crippen LogP contribution is -2.30. The molecule has 0 aliphatic carbocycles. The van der Waals surface area contributed by atoms with E-state index in [1.165, 1.54) is 13.0 Å². The van der Waals surface area contributed by atoms with E-state index in [4.69, 9.17) is 27.9 Å². The Morgan fingerprint density at radius 3 is 2.35 bits per heavy atom. The van der Waals surface area contributed by atoms with Crippen LogP contribution in [0.2, 0.25) is 10.0 Å². The lowest BCUT2D eigenvalue weighted by Gasteiger charge is -2.14. The molecule has 1 amide bonds. The van der Waals surface area contributed by atoms with E-state index in [0.29, 0.717) is 21.3 Å². The molecule has 0 heterocycles. The fourth-order valence-corrected chi connectivity index (χ4v) is 2.25. The maximum Gasteiger partial charge on any atom is 0.338 e. The van der Waals surface area contributed by atoms with Crippen LogP contribution in [0.4, 0.5) is 5.69 Å². The number of halogens is 2. The maximum absolute atomic E-state index is 12.1. The Hall–Kier alpha value is -2.04. The minimum absolute atomic E-state index is 0.308. The van der Waals surface area contributed by atoms with Crippen LogP contribution < -0.4 is 5.32 Å². The van der Waals surface area contributed by atoms with E-state index in [-0.39, 0.29) is 0 Å². The van der Waals surface area contributed by atoms with Crippen molar-refractivity contribution in [1.29, 1.82) is 0 Å². The van der Waals surface area contributed by atoms with Crippen LogP contribution in [0.15, 0.2) is 42.5 Å². The molecule has 0 saturated heterocycles. The molecule has 2 aromatic carbocycles. The van der Waals surface area contributed by atoms with Crippen molar-refractivity contribution in [2.24, 2.45) is 0 Å². The molecule has 0 aromatic heterocycles. The molecule has 0 bridgehead atoms. The standard InChI is InChI=1S/C17H15Cl2NO3/c1-10-3-5-12(6-4-10)17(22)23-11(2)16(21)20-15-8-7-13(18)9-14(15)19/h3-9,11H,1-2H3,(H,20,21)/t11-/m0/s1. The number of aryl methyl sites for hydroxylation is 1. The zero-order chi connectivity index (χ0) is 17.0. The number of hydrogen-bond donors (Lipinski definition) is 1. The Balaban J connectivity index is 1.99. The van der Waals surface area contributed by atoms with Crippen molar-refractivity contribution < 1.29 is 14.3 Å². The van der Waals surface area contributed by atoms with Crippen molar-refractivity contribution in [3.05, 3.63) is 63.6 Å². The summed E-state index contributed by atoms with van der Waals surface area (Å²) in [5.41, 5.74) is 1.82. The second-order valence-electron chi connectivity index (χ2n) is 5.03. The first-order valence-corrected chi connectivity index (χ1v) is 7.66. The Bertz CT molecular complexity index is 729. The van der Waals surface area contributed by atoms with E-state index in [1.807, 2.05) is 6.92 Å². The van der Waals surface area contributed by atoms with Gasteiger partial charge in [0.2, 0.25) is 0 Å². The van der Waals surface area contributed by atoms with Gasteiger partial charge in [-0.2, -0.15) is 0 Å². The van der Waals surface area contributed by atoms with Crippen LogP contribution >= 0.6 is 23.2 Å². The average molecular weight is 352 g/mol. The summed E-state index contributed by atoms with van der Waals surface area (Å²) in [7, 11) is 0. The molecule has 0 unspecified atom stereocenters. The largest absolute Gasteiger partial charge is 0.449 e. The van der Waals surface area contributed by atoms with Crippen LogP contribution in [0.3, 0.4) is 0 Å². The summed E-state index contributed by atoms with van der Waals surface area (Å²) >= 11 is 11.8. The first kappa shape index (κ1) is 17.3. The highest BCUT2D eigenvalue weighted by molar-refractivity contribution is 6.36. The van der Waals surface area contributed by atoms with Crippen molar-refractivity contribution >= 4 is 40.8 Å². The summed E-state index contributed by atoms with van der Waals surface area (Å²) in [6, 6.07) is 11.6. The van der Waals surface area contributed by atoms with Gasteiger partial charge in [0.15, 0.2) is 6.10 Å². The number of ether oxygens (including phenoxy) is 1. The van der Waals surface area contributed by atoms with Crippen molar-refractivity contribution in [3.63, 3.8) is 0 Å². The first-order chi connectivity index (χ1) is 10.9. The summed E-state index contributed by atoms with van der Waals surface area (Å²) < 4.78 is 5.15. The predicted molar refractivity (Wildman–Crippen MR) is 91.1 cm³/mol. The topological polar surface area (TPSA) is 55.4 Å². The maximum atomic E-state index is 12.1. The van der Waals surface area contributed by atoms with Gasteiger partial charge in [0.1, 0.15) is 0 Å². The highest BCUT2D eigenvalue weighted by atomic mass is 35.5. The summed E-state index contributed by atoms with van der Waals surface area (Å²) in [4.78, 5) is 24.1. The molecule has 0 fully saturated rings. The smallest absolute Gasteiger partial charge is 0.338 e. The lowest BCUT2D eigenvalue weighted by molar-refractivity contribution is -0.123. The molecule has 0 spiro atoms. The zero-order valence-electron chi connectivity index (χ0n) is 12.6. The van der Waals surface area contributed by atoms with Crippen LogP contribution in [-0.4, -0.2) is 18.0 Å². The minimum Gasteiger partial charge on any atom is -0.449 e. The Kier molecular flexibility index (Phi) is 5.64. The van der Waals surface area contributed by atoms with E-state index in [1.54, 1.807) is 36.4 Å². The molecular formula is C17H15Cl2NO3. The van der Waals surface area contributed by atoms with Crippen molar-refractivity contribution in [3.8, 4) is 0 Å². The third-order valence-corrected chi connectivity index (χ3v) is 3.68. The van der Waals surface area contributed by atoms with Crippen LogP contribution in [0.25, 0.3) is 0 Å². The van der Waals surface area contributed by atoms with E-state index < -0.39 is 18.0 Å². The van der Waals surface area contributed by atoms with Crippen LogP contribution in [0, 0.1) is 6.92 Å². The van der Waals surface area contributed by atoms with Gasteiger partial charge in [0.25, 0.3) is 5.91 Å². The zero-order valence-corrected chi connectivity index (χ0v) is 14.1. The lowest BCUT2D eigenvalue weighted by atomic mass is 10.1. The van der Waals surface area contributed by atoms with Gasteiger partial charge in [-0.3, -0.25) is 4.79 Å². The van der Waals surface area contributed by atoms with Crippen LogP contribution in [0.1, 0.15) is 22.8 Å². The third kappa shape index (κ3) is 4.71. The van der Waals surface area contributed by atoms with Gasteiger partial charge < -0.3 is 10.1 Å². The quantitative estimate of drug-likeness (QED) is 0.825. The highest BCUT2D eigenvalue weighted by Crippen LogP contribution is 2.25. The van der Waals surface area contributed by atoms with Gasteiger partial charge in [-0.05, 0) is 44.2 Å². The second-order valence-corrected chi connectivity index (χ2v) is 5.87.